The molecule has 0 amide bonds. The summed E-state index contributed by atoms with van der Waals surface area (Å²) < 4.78 is 0. The van der Waals surface area contributed by atoms with Gasteiger partial charge in [0.25, 0.3) is 0 Å². The molecule has 0 fully saturated rings. The first-order valence-electron chi connectivity index (χ1n) is 5.42. The highest BCUT2D eigenvalue weighted by Gasteiger charge is 2.28. The molecular weight excluding hydrogens is 172 g/mol. The van der Waals surface area contributed by atoms with E-state index in [2.05, 4.69) is 46.1 Å². The molecule has 0 heterocycles. The zero-order valence-corrected chi connectivity index (χ0v) is 10.4. The lowest BCUT2D eigenvalue weighted by atomic mass is 9.96. The molecule has 0 saturated heterocycles. The summed E-state index contributed by atoms with van der Waals surface area (Å²) in [5.74, 6) is 0.583. The predicted octanol–water partition coefficient (Wildman–Crippen LogP) is 2.26. The largest absolute Gasteiger partial charge is 0.329 e. The van der Waals surface area contributed by atoms with Gasteiger partial charge in [0.2, 0.25) is 0 Å². The Bertz CT molecular complexity index is 168. The van der Waals surface area contributed by atoms with Crippen molar-refractivity contribution in [1.29, 1.82) is 0 Å². The highest BCUT2D eigenvalue weighted by Crippen LogP contribution is 2.20. The number of nitrogens with two attached hydrogens (primary N) is 1. The lowest BCUT2D eigenvalue weighted by Gasteiger charge is -2.42. The van der Waals surface area contributed by atoms with Crippen molar-refractivity contribution >= 4 is 0 Å². The van der Waals surface area contributed by atoms with Gasteiger partial charge in [-0.25, -0.2) is 0 Å². The minimum atomic E-state index is 0.155. The van der Waals surface area contributed by atoms with Crippen LogP contribution in [-0.4, -0.2) is 29.6 Å². The van der Waals surface area contributed by atoms with Gasteiger partial charge < -0.3 is 5.73 Å². The van der Waals surface area contributed by atoms with E-state index in [9.17, 15) is 0 Å². The topological polar surface area (TPSA) is 29.3 Å². The lowest BCUT2D eigenvalue weighted by molar-refractivity contribution is 0.0746. The molecule has 2 nitrogen and oxygen atoms in total. The molecule has 0 aromatic heterocycles. The number of hydrogen-bond donors (Lipinski definition) is 1. The van der Waals surface area contributed by atoms with Crippen LogP contribution >= 0.6 is 0 Å². The van der Waals surface area contributed by atoms with Crippen molar-refractivity contribution in [2.45, 2.75) is 46.2 Å². The van der Waals surface area contributed by atoms with Crippen molar-refractivity contribution in [2.24, 2.45) is 11.7 Å². The predicted molar refractivity (Wildman–Crippen MR) is 64.3 cm³/mol. The van der Waals surface area contributed by atoms with Gasteiger partial charge in [-0.1, -0.05) is 19.9 Å². The van der Waals surface area contributed by atoms with Crippen LogP contribution in [0.25, 0.3) is 0 Å². The van der Waals surface area contributed by atoms with Crippen molar-refractivity contribution in [3.05, 3.63) is 12.7 Å². The van der Waals surface area contributed by atoms with Crippen LogP contribution in [0.15, 0.2) is 12.7 Å². The molecule has 1 atom stereocenters. The van der Waals surface area contributed by atoms with Crippen LogP contribution in [0.3, 0.4) is 0 Å². The molecule has 0 bridgehead atoms. The average Bonchev–Trinajstić information content (AvgIpc) is 2.02. The van der Waals surface area contributed by atoms with Crippen molar-refractivity contribution in [3.8, 4) is 0 Å². The smallest absolute Gasteiger partial charge is 0.0249 e. The van der Waals surface area contributed by atoms with E-state index in [1.54, 1.807) is 0 Å². The molecule has 0 aliphatic carbocycles. The summed E-state index contributed by atoms with van der Waals surface area (Å²) in [5.41, 5.74) is 5.98. The first kappa shape index (κ1) is 13.7. The highest BCUT2D eigenvalue weighted by molar-refractivity contribution is 4.89. The van der Waals surface area contributed by atoms with Gasteiger partial charge in [-0.3, -0.25) is 4.90 Å². The second-order valence-electron chi connectivity index (χ2n) is 5.16. The second kappa shape index (κ2) is 5.52. The molecule has 0 aliphatic heterocycles. The fourth-order valence-electron chi connectivity index (χ4n) is 1.81. The van der Waals surface area contributed by atoms with E-state index >= 15 is 0 Å². The summed E-state index contributed by atoms with van der Waals surface area (Å²) in [6, 6.07) is 0.438. The van der Waals surface area contributed by atoms with Gasteiger partial charge >= 0.3 is 0 Å². The fraction of sp³-hybridized carbons (Fsp3) is 0.833. The minimum absolute atomic E-state index is 0.155. The third-order valence-corrected chi connectivity index (χ3v) is 2.60. The Hall–Kier alpha value is -0.340. The van der Waals surface area contributed by atoms with Crippen molar-refractivity contribution < 1.29 is 0 Å². The highest BCUT2D eigenvalue weighted by atomic mass is 15.2. The molecule has 0 radical (unpaired) electrons. The van der Waals surface area contributed by atoms with Gasteiger partial charge in [0.1, 0.15) is 0 Å². The van der Waals surface area contributed by atoms with E-state index in [4.69, 9.17) is 5.73 Å². The second-order valence-corrected chi connectivity index (χ2v) is 5.16. The lowest BCUT2D eigenvalue weighted by Crippen LogP contribution is -2.53. The Labute approximate surface area is 89.2 Å². The van der Waals surface area contributed by atoms with Crippen LogP contribution < -0.4 is 5.73 Å². The minimum Gasteiger partial charge on any atom is -0.329 e. The van der Waals surface area contributed by atoms with Crippen LogP contribution in [0.2, 0.25) is 0 Å². The molecule has 0 saturated carbocycles. The number of nitrogens with zero attached hydrogens (tertiary/aromatic N) is 1. The summed E-state index contributed by atoms with van der Waals surface area (Å²) in [7, 11) is 0. The maximum atomic E-state index is 5.83. The van der Waals surface area contributed by atoms with Gasteiger partial charge in [0, 0.05) is 24.7 Å². The molecule has 2 heteroatoms. The quantitative estimate of drug-likeness (QED) is 0.687. The van der Waals surface area contributed by atoms with Gasteiger partial charge in [-0.05, 0) is 26.7 Å². The maximum absolute atomic E-state index is 5.83. The van der Waals surface area contributed by atoms with E-state index in [1.807, 2.05) is 6.08 Å². The summed E-state index contributed by atoms with van der Waals surface area (Å²) in [5, 5.41) is 0. The molecular formula is C12H26N2. The molecule has 2 N–H and O–H groups in total. The molecule has 84 valence electrons. The Morgan fingerprint density at radius 1 is 1.36 bits per heavy atom. The van der Waals surface area contributed by atoms with Crippen molar-refractivity contribution in [1.82, 2.24) is 4.90 Å². The van der Waals surface area contributed by atoms with E-state index in [0.29, 0.717) is 18.5 Å². The van der Waals surface area contributed by atoms with Crippen LogP contribution in [0.4, 0.5) is 0 Å². The summed E-state index contributed by atoms with van der Waals surface area (Å²) >= 11 is 0. The third kappa shape index (κ3) is 3.81. The Balaban J connectivity index is 4.69. The molecule has 1 unspecified atom stereocenters. The first-order valence-corrected chi connectivity index (χ1v) is 5.42. The standard InChI is InChI=1S/C12H26N2/c1-7-8-14(12(4,5)6)11(9-13)10(2)3/h7,10-11H,1,8-9,13H2,2-6H3. The van der Waals surface area contributed by atoms with Crippen LogP contribution in [0.5, 0.6) is 0 Å². The van der Waals surface area contributed by atoms with Crippen LogP contribution in [0.1, 0.15) is 34.6 Å². The van der Waals surface area contributed by atoms with Crippen molar-refractivity contribution in [2.75, 3.05) is 13.1 Å². The SMILES string of the molecule is C=CCN(C(CN)C(C)C)C(C)(C)C. The van der Waals surface area contributed by atoms with Gasteiger partial charge in [0.05, 0.1) is 0 Å². The monoisotopic (exact) mass is 198 g/mol. The molecule has 0 aromatic carbocycles. The van der Waals surface area contributed by atoms with Crippen LogP contribution in [0, 0.1) is 5.92 Å². The number of rotatable bonds is 5. The summed E-state index contributed by atoms with van der Waals surface area (Å²) in [6.07, 6.45) is 1.95. The Morgan fingerprint density at radius 3 is 2.07 bits per heavy atom. The zero-order chi connectivity index (χ0) is 11.4. The zero-order valence-electron chi connectivity index (χ0n) is 10.4. The first-order chi connectivity index (χ1) is 6.34. The van der Waals surface area contributed by atoms with Crippen LogP contribution in [-0.2, 0) is 0 Å². The normalized spacial score (nSPS) is 14.9. The molecule has 0 rings (SSSR count). The maximum Gasteiger partial charge on any atom is 0.0249 e. The van der Waals surface area contributed by atoms with E-state index in [-0.39, 0.29) is 5.54 Å². The Kier molecular flexibility index (Phi) is 5.38. The molecule has 0 aliphatic rings. The summed E-state index contributed by atoms with van der Waals surface area (Å²) in [4.78, 5) is 2.42. The van der Waals surface area contributed by atoms with Gasteiger partial charge in [0.15, 0.2) is 0 Å². The van der Waals surface area contributed by atoms with E-state index in [0.717, 1.165) is 6.54 Å². The molecule has 0 aromatic rings. The number of hydrogen-bond acceptors (Lipinski definition) is 2. The molecule has 0 spiro atoms. The summed E-state index contributed by atoms with van der Waals surface area (Å²) in [6.45, 7) is 16.5. The fourth-order valence-corrected chi connectivity index (χ4v) is 1.81. The van der Waals surface area contributed by atoms with Gasteiger partial charge in [-0.2, -0.15) is 0 Å². The van der Waals surface area contributed by atoms with E-state index < -0.39 is 0 Å². The Morgan fingerprint density at radius 2 is 1.86 bits per heavy atom. The van der Waals surface area contributed by atoms with Gasteiger partial charge in [-0.15, -0.1) is 6.58 Å². The molecule has 14 heavy (non-hydrogen) atoms. The van der Waals surface area contributed by atoms with Crippen molar-refractivity contribution in [3.63, 3.8) is 0 Å². The average molecular weight is 198 g/mol. The van der Waals surface area contributed by atoms with E-state index in [1.165, 1.54) is 0 Å². The third-order valence-electron chi connectivity index (χ3n) is 2.60.